The fourth-order valence-corrected chi connectivity index (χ4v) is 2.37. The number of urea groups is 1. The molecule has 5 nitrogen and oxygen atoms in total. The first-order valence-electron chi connectivity index (χ1n) is 7.31. The third-order valence-corrected chi connectivity index (χ3v) is 3.91. The van der Waals surface area contributed by atoms with Crippen molar-refractivity contribution in [1.82, 2.24) is 15.5 Å². The average Bonchev–Trinajstić information content (AvgIpc) is 3.36. The number of nitrogens with zero attached hydrogens (tertiary/aromatic N) is 2. The number of alkyl halides is 6. The zero-order valence-corrected chi connectivity index (χ0v) is 12.9. The number of hydrogen-bond donors (Lipinski definition) is 2. The summed E-state index contributed by atoms with van der Waals surface area (Å²) < 4.78 is 78.0. The molecule has 0 radical (unpaired) electrons. The lowest BCUT2D eigenvalue weighted by molar-refractivity contribution is -0.143. The second-order valence-electron chi connectivity index (χ2n) is 5.88. The molecule has 0 spiro atoms. The number of rotatable bonds is 3. The van der Waals surface area contributed by atoms with Gasteiger partial charge in [0, 0.05) is 25.8 Å². The lowest BCUT2D eigenvalue weighted by atomic mass is 10.1. The molecule has 0 aromatic heterocycles. The molecule has 2 atom stereocenters. The van der Waals surface area contributed by atoms with Crippen LogP contribution in [0, 0.1) is 0 Å². The third kappa shape index (κ3) is 3.82. The summed E-state index contributed by atoms with van der Waals surface area (Å²) in [5.74, 6) is 0. The summed E-state index contributed by atoms with van der Waals surface area (Å²) in [7, 11) is 1.43. The zero-order valence-electron chi connectivity index (χ0n) is 12.9. The number of anilines is 1. The first-order chi connectivity index (χ1) is 11.5. The first kappa shape index (κ1) is 17.8. The zero-order chi connectivity index (χ0) is 18.6. The summed E-state index contributed by atoms with van der Waals surface area (Å²) >= 11 is 0. The van der Waals surface area contributed by atoms with Crippen LogP contribution >= 0.6 is 0 Å². The summed E-state index contributed by atoms with van der Waals surface area (Å²) in [6, 6.07) is 0.471. The molecule has 11 heteroatoms. The van der Waals surface area contributed by atoms with Gasteiger partial charge in [0.1, 0.15) is 6.17 Å². The highest BCUT2D eigenvalue weighted by Gasteiger charge is 2.42. The molecule has 2 unspecified atom stereocenters. The Morgan fingerprint density at radius 1 is 0.960 bits per heavy atom. The van der Waals surface area contributed by atoms with Crippen LogP contribution in [0.25, 0.3) is 0 Å². The van der Waals surface area contributed by atoms with Gasteiger partial charge in [-0.25, -0.2) is 4.79 Å². The molecule has 1 aromatic rings. The summed E-state index contributed by atoms with van der Waals surface area (Å²) in [6.07, 6.45) is -10.8. The molecule has 0 saturated carbocycles. The van der Waals surface area contributed by atoms with Crippen molar-refractivity contribution in [2.45, 2.75) is 24.7 Å². The van der Waals surface area contributed by atoms with Gasteiger partial charge >= 0.3 is 18.4 Å². The lowest BCUT2D eigenvalue weighted by Crippen LogP contribution is -2.46. The van der Waals surface area contributed by atoms with Crippen LogP contribution in [-0.4, -0.2) is 43.4 Å². The number of carbonyl (C=O) groups is 1. The molecular weight excluding hydrogens is 354 g/mol. The smallest absolute Gasteiger partial charge is 0.311 e. The standard InChI is InChI=1S/C14H14F6N4O/c1-23(10-5-21-10)12(25)24(11-6-22-11)9-3-7(13(15,16)17)2-8(4-9)14(18,19)20/h2-4,10-11,21-22H,5-6H2,1H3. The van der Waals surface area contributed by atoms with Gasteiger partial charge in [-0.2, -0.15) is 26.3 Å². The minimum atomic E-state index is -4.97. The van der Waals surface area contributed by atoms with Gasteiger partial charge < -0.3 is 4.90 Å². The summed E-state index contributed by atoms with van der Waals surface area (Å²) in [5.41, 5.74) is -3.36. The van der Waals surface area contributed by atoms with Crippen LogP contribution in [0.1, 0.15) is 11.1 Å². The molecule has 1 aromatic carbocycles. The third-order valence-electron chi connectivity index (χ3n) is 3.91. The Bertz CT molecular complexity index is 649. The summed E-state index contributed by atoms with van der Waals surface area (Å²) in [5, 5.41) is 5.59. The van der Waals surface area contributed by atoms with Crippen LogP contribution in [0.3, 0.4) is 0 Å². The van der Waals surface area contributed by atoms with Crippen LogP contribution < -0.4 is 15.5 Å². The molecule has 2 saturated heterocycles. The maximum absolute atomic E-state index is 13.0. The number of amides is 2. The second kappa shape index (κ2) is 5.77. The molecule has 2 amide bonds. The van der Waals surface area contributed by atoms with E-state index in [-0.39, 0.29) is 18.8 Å². The Labute approximate surface area is 138 Å². The normalized spacial score (nSPS) is 22.5. The molecule has 25 heavy (non-hydrogen) atoms. The van der Waals surface area contributed by atoms with Crippen LogP contribution in [0.2, 0.25) is 0 Å². The predicted octanol–water partition coefficient (Wildman–Crippen LogP) is 2.44. The summed E-state index contributed by atoms with van der Waals surface area (Å²) in [4.78, 5) is 14.7. The van der Waals surface area contributed by atoms with E-state index in [1.807, 2.05) is 0 Å². The molecule has 3 rings (SSSR count). The molecule has 2 heterocycles. The highest BCUT2D eigenvalue weighted by atomic mass is 19.4. The summed E-state index contributed by atoms with van der Waals surface area (Å²) in [6.45, 7) is 0.805. The lowest BCUT2D eigenvalue weighted by Gasteiger charge is -2.28. The van der Waals surface area contributed by atoms with Crippen molar-refractivity contribution in [3.63, 3.8) is 0 Å². The van der Waals surface area contributed by atoms with Gasteiger partial charge in [0.05, 0.1) is 17.3 Å². The van der Waals surface area contributed by atoms with E-state index in [0.717, 1.165) is 4.90 Å². The SMILES string of the molecule is CN(C(=O)N(c1cc(C(F)(F)F)cc(C(F)(F)F)c1)C1CN1)C1CN1. The van der Waals surface area contributed by atoms with Crippen molar-refractivity contribution in [3.8, 4) is 0 Å². The number of carbonyl (C=O) groups excluding carboxylic acids is 1. The Morgan fingerprint density at radius 3 is 1.76 bits per heavy atom. The maximum Gasteiger partial charge on any atom is 0.416 e. The minimum Gasteiger partial charge on any atom is -0.311 e. The predicted molar refractivity (Wildman–Crippen MR) is 75.7 cm³/mol. The van der Waals surface area contributed by atoms with E-state index >= 15 is 0 Å². The van der Waals surface area contributed by atoms with E-state index in [9.17, 15) is 31.1 Å². The van der Waals surface area contributed by atoms with Gasteiger partial charge in [0.15, 0.2) is 0 Å². The fraction of sp³-hybridized carbons (Fsp3) is 0.500. The van der Waals surface area contributed by atoms with E-state index in [1.165, 1.54) is 11.9 Å². The molecule has 2 aliphatic rings. The van der Waals surface area contributed by atoms with Crippen molar-refractivity contribution < 1.29 is 31.1 Å². The van der Waals surface area contributed by atoms with Crippen molar-refractivity contribution in [1.29, 1.82) is 0 Å². The van der Waals surface area contributed by atoms with Crippen LogP contribution in [-0.2, 0) is 12.4 Å². The average molecular weight is 368 g/mol. The van der Waals surface area contributed by atoms with Crippen LogP contribution in [0.5, 0.6) is 0 Å². The van der Waals surface area contributed by atoms with E-state index in [1.54, 1.807) is 0 Å². The van der Waals surface area contributed by atoms with Crippen molar-refractivity contribution >= 4 is 11.7 Å². The minimum absolute atomic E-state index is 0.0403. The van der Waals surface area contributed by atoms with Gasteiger partial charge in [-0.1, -0.05) is 0 Å². The molecule has 2 fully saturated rings. The van der Waals surface area contributed by atoms with E-state index in [4.69, 9.17) is 0 Å². The van der Waals surface area contributed by atoms with E-state index < -0.39 is 41.4 Å². The van der Waals surface area contributed by atoms with Crippen molar-refractivity contribution in [2.24, 2.45) is 0 Å². The van der Waals surface area contributed by atoms with Gasteiger partial charge in [-0.05, 0) is 18.2 Å². The highest BCUT2D eigenvalue weighted by Crippen LogP contribution is 2.39. The maximum atomic E-state index is 13.0. The molecule has 2 N–H and O–H groups in total. The van der Waals surface area contributed by atoms with Gasteiger partial charge in [0.25, 0.3) is 0 Å². The Balaban J connectivity index is 2.04. The monoisotopic (exact) mass is 368 g/mol. The van der Waals surface area contributed by atoms with Crippen LogP contribution in [0.4, 0.5) is 36.8 Å². The fourth-order valence-electron chi connectivity index (χ4n) is 2.37. The number of halogens is 6. The molecule has 2 aliphatic heterocycles. The van der Waals surface area contributed by atoms with Gasteiger partial charge in [0.2, 0.25) is 0 Å². The number of nitrogens with one attached hydrogen (secondary N) is 2. The first-order valence-corrected chi connectivity index (χ1v) is 7.31. The van der Waals surface area contributed by atoms with Crippen molar-refractivity contribution in [3.05, 3.63) is 29.3 Å². The molecular formula is C14H14F6N4O. The van der Waals surface area contributed by atoms with Gasteiger partial charge in [-0.3, -0.25) is 15.5 Å². The Morgan fingerprint density at radius 2 is 1.40 bits per heavy atom. The highest BCUT2D eigenvalue weighted by molar-refractivity contribution is 5.93. The molecule has 0 aliphatic carbocycles. The second-order valence-corrected chi connectivity index (χ2v) is 5.88. The largest absolute Gasteiger partial charge is 0.416 e. The topological polar surface area (TPSA) is 67.4 Å². The van der Waals surface area contributed by atoms with E-state index in [0.29, 0.717) is 18.7 Å². The Kier molecular flexibility index (Phi) is 4.11. The quantitative estimate of drug-likeness (QED) is 0.636. The van der Waals surface area contributed by atoms with E-state index in [2.05, 4.69) is 10.6 Å². The molecule has 138 valence electrons. The molecule has 0 bridgehead atoms. The Hall–Kier alpha value is -2.01. The number of likely N-dealkylation sites (N-methyl/N-ethyl adjacent to an activating group) is 1. The van der Waals surface area contributed by atoms with Gasteiger partial charge in [-0.15, -0.1) is 0 Å². The number of hydrogen-bond acceptors (Lipinski definition) is 3. The van der Waals surface area contributed by atoms with Crippen molar-refractivity contribution in [2.75, 3.05) is 25.0 Å². The number of benzene rings is 1. The van der Waals surface area contributed by atoms with Crippen LogP contribution in [0.15, 0.2) is 18.2 Å².